The minimum absolute atomic E-state index is 0.0928. The van der Waals surface area contributed by atoms with Crippen LogP contribution in [0.3, 0.4) is 0 Å². The molecule has 1 saturated heterocycles. The summed E-state index contributed by atoms with van der Waals surface area (Å²) in [5.41, 5.74) is 1.20. The first-order valence-electron chi connectivity index (χ1n) is 6.52. The van der Waals surface area contributed by atoms with Crippen molar-refractivity contribution < 1.29 is 14.6 Å². The van der Waals surface area contributed by atoms with Crippen LogP contribution in [-0.2, 0) is 4.74 Å². The Morgan fingerprint density at radius 2 is 2.35 bits per heavy atom. The number of morpholine rings is 1. The number of aromatic nitrogens is 3. The van der Waals surface area contributed by atoms with Crippen molar-refractivity contribution in [2.75, 3.05) is 19.7 Å². The van der Waals surface area contributed by atoms with Crippen LogP contribution in [0.25, 0.3) is 5.52 Å². The molecule has 0 aromatic carbocycles. The molecule has 0 saturated carbocycles. The second-order valence-electron chi connectivity index (χ2n) is 4.93. The Hall–Kier alpha value is -1.99. The number of ether oxygens (including phenoxy) is 1. The van der Waals surface area contributed by atoms with Gasteiger partial charge in [0.25, 0.3) is 5.91 Å². The predicted molar refractivity (Wildman–Crippen MR) is 70.3 cm³/mol. The van der Waals surface area contributed by atoms with E-state index in [2.05, 4.69) is 10.1 Å². The van der Waals surface area contributed by atoms with Gasteiger partial charge in [-0.3, -0.25) is 9.78 Å². The number of rotatable bonds is 2. The van der Waals surface area contributed by atoms with E-state index in [0.717, 1.165) is 0 Å². The zero-order valence-corrected chi connectivity index (χ0v) is 11.1. The number of hydrogen-bond donors (Lipinski definition) is 1. The van der Waals surface area contributed by atoms with Crippen molar-refractivity contribution in [3.8, 4) is 0 Å². The van der Waals surface area contributed by atoms with E-state index in [1.165, 1.54) is 0 Å². The van der Waals surface area contributed by atoms with Crippen molar-refractivity contribution in [3.63, 3.8) is 0 Å². The van der Waals surface area contributed by atoms with Gasteiger partial charge in [-0.2, -0.15) is 5.10 Å². The number of carbonyl (C=O) groups excluding carboxylic acids is 1. The smallest absolute Gasteiger partial charge is 0.257 e. The number of amides is 1. The van der Waals surface area contributed by atoms with Crippen LogP contribution in [0.1, 0.15) is 17.3 Å². The minimum Gasteiger partial charge on any atom is -0.394 e. The highest BCUT2D eigenvalue weighted by molar-refractivity contribution is 6.00. The molecule has 0 spiro atoms. The van der Waals surface area contributed by atoms with Crippen LogP contribution in [0.2, 0.25) is 0 Å². The van der Waals surface area contributed by atoms with Gasteiger partial charge in [-0.05, 0) is 6.92 Å². The van der Waals surface area contributed by atoms with Crippen molar-refractivity contribution in [2.45, 2.75) is 19.1 Å². The van der Waals surface area contributed by atoms with Crippen LogP contribution in [0.4, 0.5) is 0 Å². The van der Waals surface area contributed by atoms with Crippen LogP contribution in [0.5, 0.6) is 0 Å². The summed E-state index contributed by atoms with van der Waals surface area (Å²) in [7, 11) is 0. The molecule has 1 aliphatic rings. The van der Waals surface area contributed by atoms with E-state index in [-0.39, 0.29) is 24.7 Å². The summed E-state index contributed by atoms with van der Waals surface area (Å²) in [6.07, 6.45) is 6.06. The molecule has 7 heteroatoms. The predicted octanol–water partition coefficient (Wildman–Crippen LogP) is -0.0489. The van der Waals surface area contributed by atoms with Crippen LogP contribution in [-0.4, -0.2) is 62.4 Å². The molecule has 2 aromatic heterocycles. The zero-order chi connectivity index (χ0) is 14.1. The molecule has 1 amide bonds. The second-order valence-corrected chi connectivity index (χ2v) is 4.93. The third-order valence-electron chi connectivity index (χ3n) is 3.37. The molecule has 0 aliphatic carbocycles. The summed E-state index contributed by atoms with van der Waals surface area (Å²) in [6, 6.07) is 0. The van der Waals surface area contributed by atoms with Crippen molar-refractivity contribution in [2.24, 2.45) is 0 Å². The Balaban J connectivity index is 1.88. The molecule has 2 aromatic rings. The average molecular weight is 276 g/mol. The maximum Gasteiger partial charge on any atom is 0.257 e. The third kappa shape index (κ3) is 2.25. The summed E-state index contributed by atoms with van der Waals surface area (Å²) in [5, 5.41) is 13.4. The molecule has 3 rings (SSSR count). The number of hydrogen-bond acceptors (Lipinski definition) is 5. The van der Waals surface area contributed by atoms with E-state index in [1.807, 2.05) is 6.92 Å². The quantitative estimate of drug-likeness (QED) is 0.832. The van der Waals surface area contributed by atoms with Gasteiger partial charge in [0.15, 0.2) is 0 Å². The zero-order valence-electron chi connectivity index (χ0n) is 11.1. The lowest BCUT2D eigenvalue weighted by atomic mass is 10.2. The largest absolute Gasteiger partial charge is 0.394 e. The highest BCUT2D eigenvalue weighted by Gasteiger charge is 2.29. The van der Waals surface area contributed by atoms with Crippen LogP contribution < -0.4 is 0 Å². The van der Waals surface area contributed by atoms with E-state index in [4.69, 9.17) is 4.74 Å². The SMILES string of the molecule is CC1CN(C(=O)c2cnn3ccncc23)CC(CO)O1. The number of fused-ring (bicyclic) bond motifs is 1. The molecule has 20 heavy (non-hydrogen) atoms. The van der Waals surface area contributed by atoms with E-state index >= 15 is 0 Å². The van der Waals surface area contributed by atoms with E-state index in [0.29, 0.717) is 24.2 Å². The van der Waals surface area contributed by atoms with Gasteiger partial charge in [0.05, 0.1) is 42.3 Å². The molecule has 0 radical (unpaired) electrons. The van der Waals surface area contributed by atoms with Gasteiger partial charge in [-0.1, -0.05) is 0 Å². The van der Waals surface area contributed by atoms with Gasteiger partial charge in [0.2, 0.25) is 0 Å². The van der Waals surface area contributed by atoms with Gasteiger partial charge < -0.3 is 14.7 Å². The Morgan fingerprint density at radius 1 is 1.50 bits per heavy atom. The highest BCUT2D eigenvalue weighted by Crippen LogP contribution is 2.17. The van der Waals surface area contributed by atoms with Gasteiger partial charge in [0.1, 0.15) is 0 Å². The number of aliphatic hydroxyl groups is 1. The fraction of sp³-hybridized carbons (Fsp3) is 0.462. The van der Waals surface area contributed by atoms with Gasteiger partial charge in [-0.15, -0.1) is 0 Å². The molecular weight excluding hydrogens is 260 g/mol. The van der Waals surface area contributed by atoms with Crippen molar-refractivity contribution in [1.82, 2.24) is 19.5 Å². The van der Waals surface area contributed by atoms with Crippen LogP contribution in [0.15, 0.2) is 24.8 Å². The molecule has 1 aliphatic heterocycles. The average Bonchev–Trinajstić information content (AvgIpc) is 2.89. The topological polar surface area (TPSA) is 80.0 Å². The van der Waals surface area contributed by atoms with Crippen LogP contribution in [0, 0.1) is 0 Å². The molecular formula is C13H16N4O3. The first kappa shape index (κ1) is 13.0. The van der Waals surface area contributed by atoms with E-state index < -0.39 is 0 Å². The lowest BCUT2D eigenvalue weighted by Crippen LogP contribution is -2.50. The third-order valence-corrected chi connectivity index (χ3v) is 3.37. The lowest BCUT2D eigenvalue weighted by Gasteiger charge is -2.35. The molecule has 7 nitrogen and oxygen atoms in total. The number of nitrogens with zero attached hydrogens (tertiary/aromatic N) is 4. The van der Waals surface area contributed by atoms with Gasteiger partial charge >= 0.3 is 0 Å². The standard InChI is InChI=1S/C13H16N4O3/c1-9-6-16(7-10(8-18)20-9)13(19)11-4-15-17-3-2-14-5-12(11)17/h2-5,9-10,18H,6-8H2,1H3. The second kappa shape index (κ2) is 5.18. The lowest BCUT2D eigenvalue weighted by molar-refractivity contribution is -0.0858. The summed E-state index contributed by atoms with van der Waals surface area (Å²) >= 11 is 0. The molecule has 1 fully saturated rings. The molecule has 3 heterocycles. The first-order chi connectivity index (χ1) is 9.69. The van der Waals surface area contributed by atoms with Gasteiger partial charge in [-0.25, -0.2) is 4.52 Å². The van der Waals surface area contributed by atoms with Crippen molar-refractivity contribution in [3.05, 3.63) is 30.4 Å². The summed E-state index contributed by atoms with van der Waals surface area (Å²) in [5.74, 6) is -0.110. The maximum absolute atomic E-state index is 12.6. The number of aliphatic hydroxyl groups excluding tert-OH is 1. The Kier molecular flexibility index (Phi) is 3.37. The van der Waals surface area contributed by atoms with Gasteiger partial charge in [0, 0.05) is 25.5 Å². The van der Waals surface area contributed by atoms with E-state index in [1.54, 1.807) is 34.2 Å². The normalized spacial score (nSPS) is 23.2. The summed E-state index contributed by atoms with van der Waals surface area (Å²) in [4.78, 5) is 18.3. The first-order valence-corrected chi connectivity index (χ1v) is 6.52. The molecule has 2 unspecified atom stereocenters. The molecule has 0 bridgehead atoms. The highest BCUT2D eigenvalue weighted by atomic mass is 16.5. The summed E-state index contributed by atoms with van der Waals surface area (Å²) in [6.45, 7) is 2.69. The molecule has 2 atom stereocenters. The molecule has 1 N–H and O–H groups in total. The number of carbonyl (C=O) groups is 1. The van der Waals surface area contributed by atoms with Crippen LogP contribution >= 0.6 is 0 Å². The monoisotopic (exact) mass is 276 g/mol. The Bertz CT molecular complexity index is 627. The molecule has 106 valence electrons. The van der Waals surface area contributed by atoms with Crippen molar-refractivity contribution in [1.29, 1.82) is 0 Å². The fourth-order valence-electron chi connectivity index (χ4n) is 2.48. The van der Waals surface area contributed by atoms with E-state index in [9.17, 15) is 9.90 Å². The Morgan fingerprint density at radius 3 is 3.15 bits per heavy atom. The maximum atomic E-state index is 12.6. The Labute approximate surface area is 115 Å². The minimum atomic E-state index is -0.331. The van der Waals surface area contributed by atoms with Crippen molar-refractivity contribution >= 4 is 11.4 Å². The summed E-state index contributed by atoms with van der Waals surface area (Å²) < 4.78 is 7.16. The fourth-order valence-corrected chi connectivity index (χ4v) is 2.48.